The Hall–Kier alpha value is -1.40. The number of sulfonamides is 1. The number of primary sulfonamides is 1. The van der Waals surface area contributed by atoms with Gasteiger partial charge in [0.15, 0.2) is 0 Å². The first-order chi connectivity index (χ1) is 9.54. The average Bonchev–Trinajstić information content (AvgIpc) is 2.33. The fourth-order valence-corrected chi connectivity index (χ4v) is 2.76. The van der Waals surface area contributed by atoms with Gasteiger partial charge in [0.2, 0.25) is 10.0 Å². The number of carbonyl (C=O) groups excluding carboxylic acids is 1. The molecule has 0 aromatic heterocycles. The topological polar surface area (TPSA) is 89.3 Å². The number of nitrogens with one attached hydrogen (secondary N) is 1. The zero-order chi connectivity index (χ0) is 16.4. The standard InChI is InChI=1S/C15H24N2O3S/c1-9(2)12(5)8-17-15(18)13-7-14(21(16,19)20)11(4)6-10(13)3/h6-7,9,12H,8H2,1-5H3,(H,17,18)(H2,16,19,20). The number of hydrogen-bond donors (Lipinski definition) is 2. The van der Waals surface area contributed by atoms with Crippen LogP contribution < -0.4 is 10.5 Å². The van der Waals surface area contributed by atoms with Crippen LogP contribution in [0, 0.1) is 25.7 Å². The quantitative estimate of drug-likeness (QED) is 0.871. The zero-order valence-electron chi connectivity index (χ0n) is 13.2. The van der Waals surface area contributed by atoms with Crippen molar-refractivity contribution in [3.8, 4) is 0 Å². The van der Waals surface area contributed by atoms with Crippen molar-refractivity contribution in [1.82, 2.24) is 5.32 Å². The molecule has 0 spiro atoms. The van der Waals surface area contributed by atoms with Gasteiger partial charge in [-0.2, -0.15) is 0 Å². The molecule has 0 heterocycles. The minimum absolute atomic E-state index is 0.00448. The number of nitrogens with two attached hydrogens (primary N) is 1. The molecule has 0 saturated carbocycles. The SMILES string of the molecule is Cc1cc(C)c(S(N)(=O)=O)cc1C(=O)NCC(C)C(C)C. The summed E-state index contributed by atoms with van der Waals surface area (Å²) < 4.78 is 23.1. The molecular formula is C15H24N2O3S. The van der Waals surface area contributed by atoms with Crippen LogP contribution in [0.1, 0.15) is 42.3 Å². The number of aryl methyl sites for hydroxylation is 2. The van der Waals surface area contributed by atoms with Crippen molar-refractivity contribution in [3.63, 3.8) is 0 Å². The zero-order valence-corrected chi connectivity index (χ0v) is 14.0. The highest BCUT2D eigenvalue weighted by Gasteiger charge is 2.18. The summed E-state index contributed by atoms with van der Waals surface area (Å²) in [5, 5.41) is 8.02. The molecule has 1 rings (SSSR count). The van der Waals surface area contributed by atoms with E-state index in [2.05, 4.69) is 26.1 Å². The Bertz CT molecular complexity index is 637. The second kappa shape index (κ2) is 6.58. The average molecular weight is 312 g/mol. The molecule has 0 radical (unpaired) electrons. The molecule has 1 unspecified atom stereocenters. The van der Waals surface area contributed by atoms with E-state index < -0.39 is 10.0 Å². The minimum atomic E-state index is -3.83. The number of hydrogen-bond acceptors (Lipinski definition) is 3. The van der Waals surface area contributed by atoms with E-state index in [1.165, 1.54) is 6.07 Å². The molecule has 1 amide bonds. The van der Waals surface area contributed by atoms with Gasteiger partial charge in [-0.05, 0) is 42.9 Å². The van der Waals surface area contributed by atoms with Gasteiger partial charge < -0.3 is 5.32 Å². The van der Waals surface area contributed by atoms with E-state index in [9.17, 15) is 13.2 Å². The Balaban J connectivity index is 3.05. The second-order valence-corrected chi connectivity index (χ2v) is 7.44. The fraction of sp³-hybridized carbons (Fsp3) is 0.533. The van der Waals surface area contributed by atoms with E-state index in [4.69, 9.17) is 5.14 Å². The van der Waals surface area contributed by atoms with Crippen molar-refractivity contribution in [1.29, 1.82) is 0 Å². The summed E-state index contributed by atoms with van der Waals surface area (Å²) in [5.41, 5.74) is 1.62. The summed E-state index contributed by atoms with van der Waals surface area (Å²) in [7, 11) is -3.83. The summed E-state index contributed by atoms with van der Waals surface area (Å²) in [6, 6.07) is 3.02. The predicted octanol–water partition coefficient (Wildman–Crippen LogP) is 1.97. The van der Waals surface area contributed by atoms with Crippen LogP contribution >= 0.6 is 0 Å². The Kier molecular flexibility index (Phi) is 5.53. The molecule has 6 heteroatoms. The Morgan fingerprint density at radius 2 is 1.76 bits per heavy atom. The normalized spacial score (nSPS) is 13.3. The molecule has 1 aromatic rings. The van der Waals surface area contributed by atoms with E-state index in [1.807, 2.05) is 0 Å². The van der Waals surface area contributed by atoms with Gasteiger partial charge in [-0.1, -0.05) is 26.8 Å². The van der Waals surface area contributed by atoms with Crippen LogP contribution in [-0.4, -0.2) is 20.9 Å². The molecule has 0 saturated heterocycles. The van der Waals surface area contributed by atoms with Gasteiger partial charge in [-0.3, -0.25) is 4.79 Å². The van der Waals surface area contributed by atoms with E-state index in [0.717, 1.165) is 5.56 Å². The van der Waals surface area contributed by atoms with Crippen molar-refractivity contribution >= 4 is 15.9 Å². The second-order valence-electron chi connectivity index (χ2n) is 5.91. The van der Waals surface area contributed by atoms with Crippen molar-refractivity contribution in [2.24, 2.45) is 17.0 Å². The smallest absolute Gasteiger partial charge is 0.251 e. The Morgan fingerprint density at radius 3 is 2.24 bits per heavy atom. The number of amides is 1. The van der Waals surface area contributed by atoms with Crippen LogP contribution in [0.4, 0.5) is 0 Å². The van der Waals surface area contributed by atoms with Crippen LogP contribution in [0.3, 0.4) is 0 Å². The molecule has 0 aliphatic heterocycles. The van der Waals surface area contributed by atoms with E-state index in [0.29, 0.717) is 29.5 Å². The first-order valence-electron chi connectivity index (χ1n) is 6.96. The highest BCUT2D eigenvalue weighted by Crippen LogP contribution is 2.19. The molecular weight excluding hydrogens is 288 g/mol. The highest BCUT2D eigenvalue weighted by molar-refractivity contribution is 7.89. The molecule has 0 aliphatic carbocycles. The van der Waals surface area contributed by atoms with Crippen LogP contribution in [-0.2, 0) is 10.0 Å². The van der Waals surface area contributed by atoms with Crippen LogP contribution in [0.2, 0.25) is 0 Å². The third-order valence-corrected chi connectivity index (χ3v) is 4.85. The molecule has 0 aliphatic rings. The monoisotopic (exact) mass is 312 g/mol. The molecule has 21 heavy (non-hydrogen) atoms. The summed E-state index contributed by atoms with van der Waals surface area (Å²) in [6.45, 7) is 10.2. The Morgan fingerprint density at radius 1 is 1.19 bits per heavy atom. The van der Waals surface area contributed by atoms with Gasteiger partial charge in [0.1, 0.15) is 0 Å². The van der Waals surface area contributed by atoms with Gasteiger partial charge >= 0.3 is 0 Å². The van der Waals surface area contributed by atoms with Gasteiger partial charge in [-0.25, -0.2) is 13.6 Å². The van der Waals surface area contributed by atoms with Gasteiger partial charge in [-0.15, -0.1) is 0 Å². The molecule has 0 fully saturated rings. The summed E-state index contributed by atoms with van der Waals surface area (Å²) in [6.07, 6.45) is 0. The molecule has 5 nitrogen and oxygen atoms in total. The van der Waals surface area contributed by atoms with Crippen molar-refractivity contribution in [2.75, 3.05) is 6.54 Å². The van der Waals surface area contributed by atoms with Crippen molar-refractivity contribution in [3.05, 3.63) is 28.8 Å². The summed E-state index contributed by atoms with van der Waals surface area (Å²) >= 11 is 0. The molecule has 118 valence electrons. The lowest BCUT2D eigenvalue weighted by atomic mass is 9.98. The van der Waals surface area contributed by atoms with Crippen molar-refractivity contribution < 1.29 is 13.2 Å². The minimum Gasteiger partial charge on any atom is -0.352 e. The largest absolute Gasteiger partial charge is 0.352 e. The van der Waals surface area contributed by atoms with Crippen molar-refractivity contribution in [2.45, 2.75) is 39.5 Å². The third-order valence-electron chi connectivity index (χ3n) is 3.80. The number of carbonyl (C=O) groups is 1. The van der Waals surface area contributed by atoms with Gasteiger partial charge in [0.25, 0.3) is 5.91 Å². The first-order valence-corrected chi connectivity index (χ1v) is 8.51. The molecule has 0 bridgehead atoms. The maximum absolute atomic E-state index is 12.2. The number of benzene rings is 1. The molecule has 1 aromatic carbocycles. The summed E-state index contributed by atoms with van der Waals surface area (Å²) in [4.78, 5) is 12.2. The number of rotatable bonds is 5. The lowest BCUT2D eigenvalue weighted by Crippen LogP contribution is -2.31. The Labute approximate surface area is 127 Å². The van der Waals surface area contributed by atoms with E-state index in [1.54, 1.807) is 19.9 Å². The van der Waals surface area contributed by atoms with Gasteiger partial charge in [0.05, 0.1) is 4.90 Å². The lowest BCUT2D eigenvalue weighted by Gasteiger charge is -2.17. The fourth-order valence-electron chi connectivity index (χ4n) is 1.97. The van der Waals surface area contributed by atoms with E-state index >= 15 is 0 Å². The first kappa shape index (κ1) is 17.7. The van der Waals surface area contributed by atoms with Crippen LogP contribution in [0.15, 0.2) is 17.0 Å². The molecule has 1 atom stereocenters. The lowest BCUT2D eigenvalue weighted by molar-refractivity contribution is 0.0944. The highest BCUT2D eigenvalue weighted by atomic mass is 32.2. The van der Waals surface area contributed by atoms with Crippen LogP contribution in [0.5, 0.6) is 0 Å². The molecule has 3 N–H and O–H groups in total. The maximum atomic E-state index is 12.2. The van der Waals surface area contributed by atoms with Crippen LogP contribution in [0.25, 0.3) is 0 Å². The van der Waals surface area contributed by atoms with E-state index in [-0.39, 0.29) is 10.8 Å². The van der Waals surface area contributed by atoms with Gasteiger partial charge in [0, 0.05) is 12.1 Å². The summed E-state index contributed by atoms with van der Waals surface area (Å²) in [5.74, 6) is 0.534. The third kappa shape index (κ3) is 4.54. The maximum Gasteiger partial charge on any atom is 0.251 e. The predicted molar refractivity (Wildman–Crippen MR) is 83.6 cm³/mol.